The van der Waals surface area contributed by atoms with Crippen LogP contribution < -0.4 is 0 Å². The summed E-state index contributed by atoms with van der Waals surface area (Å²) >= 11 is 0. The fourth-order valence-corrected chi connectivity index (χ4v) is 1.03. The maximum Gasteiger partial charge on any atom is 0.0948 e. The summed E-state index contributed by atoms with van der Waals surface area (Å²) in [4.78, 5) is 0. The Bertz CT molecular complexity index is 131. The lowest BCUT2D eigenvalue weighted by molar-refractivity contribution is -0.0390. The van der Waals surface area contributed by atoms with Crippen molar-refractivity contribution in [2.45, 2.75) is 25.4 Å². The van der Waals surface area contributed by atoms with Crippen molar-refractivity contribution < 1.29 is 9.84 Å². The summed E-state index contributed by atoms with van der Waals surface area (Å²) in [6.07, 6.45) is 4.48. The van der Waals surface area contributed by atoms with Gasteiger partial charge in [-0.2, -0.15) is 0 Å². The molecule has 0 bridgehead atoms. The lowest BCUT2D eigenvalue weighted by Gasteiger charge is -2.24. The van der Waals surface area contributed by atoms with Crippen LogP contribution in [0.1, 0.15) is 19.8 Å². The third-order valence-corrected chi connectivity index (χ3v) is 1.62. The molecule has 0 aromatic heterocycles. The van der Waals surface area contributed by atoms with E-state index in [9.17, 15) is 5.11 Å². The molecule has 0 aliphatic carbocycles. The van der Waals surface area contributed by atoms with E-state index in [1.54, 1.807) is 12.2 Å². The summed E-state index contributed by atoms with van der Waals surface area (Å²) in [7, 11) is 0. The molecule has 0 heterocycles. The number of aliphatic hydroxyl groups is 1. The van der Waals surface area contributed by atoms with Crippen LogP contribution in [0, 0.1) is 0 Å². The lowest BCUT2D eigenvalue weighted by Crippen LogP contribution is -2.33. The first-order chi connectivity index (χ1) is 5.68. The van der Waals surface area contributed by atoms with Crippen molar-refractivity contribution in [1.29, 1.82) is 0 Å². The van der Waals surface area contributed by atoms with Gasteiger partial charge < -0.3 is 9.84 Å². The molecule has 0 amide bonds. The van der Waals surface area contributed by atoms with Crippen molar-refractivity contribution in [2.24, 2.45) is 0 Å². The first-order valence-electron chi connectivity index (χ1n) is 4.20. The van der Waals surface area contributed by atoms with Crippen molar-refractivity contribution in [1.82, 2.24) is 0 Å². The van der Waals surface area contributed by atoms with Gasteiger partial charge in [-0.1, -0.05) is 12.2 Å². The molecule has 1 N–H and O–H groups in total. The molecule has 0 aromatic rings. The van der Waals surface area contributed by atoms with E-state index >= 15 is 0 Å². The molecular weight excluding hydrogens is 152 g/mol. The molecule has 0 saturated heterocycles. The van der Waals surface area contributed by atoms with Crippen LogP contribution in [0.4, 0.5) is 0 Å². The molecule has 0 fully saturated rings. The van der Waals surface area contributed by atoms with Crippen LogP contribution in [0.3, 0.4) is 0 Å². The summed E-state index contributed by atoms with van der Waals surface area (Å²) in [5.74, 6) is 0. The van der Waals surface area contributed by atoms with Crippen molar-refractivity contribution in [2.75, 3.05) is 13.2 Å². The average Bonchev–Trinajstić information content (AvgIpc) is 2.02. The zero-order valence-corrected chi connectivity index (χ0v) is 7.75. The van der Waals surface area contributed by atoms with E-state index in [2.05, 4.69) is 13.2 Å². The van der Waals surface area contributed by atoms with Gasteiger partial charge >= 0.3 is 0 Å². The second kappa shape index (κ2) is 5.98. The van der Waals surface area contributed by atoms with Gasteiger partial charge in [-0.15, -0.1) is 13.2 Å². The quantitative estimate of drug-likeness (QED) is 0.591. The molecule has 0 aliphatic heterocycles. The average molecular weight is 170 g/mol. The molecule has 0 saturated carbocycles. The summed E-state index contributed by atoms with van der Waals surface area (Å²) in [6.45, 7) is 10.0. The zero-order valence-electron chi connectivity index (χ0n) is 7.75. The summed E-state index contributed by atoms with van der Waals surface area (Å²) in [5.41, 5.74) is -0.806. The maximum absolute atomic E-state index is 9.87. The zero-order chi connectivity index (χ0) is 9.45. The lowest BCUT2D eigenvalue weighted by atomic mass is 9.97. The van der Waals surface area contributed by atoms with Gasteiger partial charge in [0.2, 0.25) is 0 Å². The van der Waals surface area contributed by atoms with Crippen LogP contribution in [0.2, 0.25) is 0 Å². The van der Waals surface area contributed by atoms with Gasteiger partial charge in [-0.05, 0) is 19.8 Å². The molecular formula is C10H18O2. The van der Waals surface area contributed by atoms with Crippen LogP contribution in [-0.4, -0.2) is 23.9 Å². The number of hydrogen-bond donors (Lipinski definition) is 1. The fraction of sp³-hybridized carbons (Fsp3) is 0.600. The Balaban J connectivity index is 3.96. The first kappa shape index (κ1) is 11.4. The minimum Gasteiger partial charge on any atom is -0.387 e. The molecule has 12 heavy (non-hydrogen) atoms. The topological polar surface area (TPSA) is 29.5 Å². The van der Waals surface area contributed by atoms with Crippen molar-refractivity contribution in [3.05, 3.63) is 25.3 Å². The maximum atomic E-state index is 9.87. The fourth-order valence-electron chi connectivity index (χ4n) is 1.03. The summed E-state index contributed by atoms with van der Waals surface area (Å²) in [6, 6.07) is 0. The molecule has 0 rings (SSSR count). The van der Waals surface area contributed by atoms with Crippen LogP contribution in [0.25, 0.3) is 0 Å². The normalized spacial score (nSPS) is 11.2. The second-order valence-electron chi connectivity index (χ2n) is 2.85. The van der Waals surface area contributed by atoms with Gasteiger partial charge in [-0.25, -0.2) is 0 Å². The Morgan fingerprint density at radius 2 is 1.83 bits per heavy atom. The summed E-state index contributed by atoms with van der Waals surface area (Å²) < 4.78 is 5.16. The van der Waals surface area contributed by atoms with Gasteiger partial charge in [0, 0.05) is 6.61 Å². The van der Waals surface area contributed by atoms with E-state index < -0.39 is 5.60 Å². The molecule has 0 aromatic carbocycles. The monoisotopic (exact) mass is 170 g/mol. The SMILES string of the molecule is C=CCC(O)(CC=C)COCC. The number of hydrogen-bond acceptors (Lipinski definition) is 2. The highest BCUT2D eigenvalue weighted by Crippen LogP contribution is 2.16. The molecule has 0 spiro atoms. The van der Waals surface area contributed by atoms with Crippen molar-refractivity contribution in [3.8, 4) is 0 Å². The van der Waals surface area contributed by atoms with E-state index in [0.29, 0.717) is 26.1 Å². The second-order valence-corrected chi connectivity index (χ2v) is 2.85. The molecule has 0 aliphatic rings. The van der Waals surface area contributed by atoms with Gasteiger partial charge in [-0.3, -0.25) is 0 Å². The molecule has 0 unspecified atom stereocenters. The number of rotatable bonds is 7. The Labute approximate surface area is 74.6 Å². The molecule has 0 radical (unpaired) electrons. The van der Waals surface area contributed by atoms with Crippen LogP contribution in [-0.2, 0) is 4.74 Å². The predicted octanol–water partition coefficient (Wildman–Crippen LogP) is 1.91. The smallest absolute Gasteiger partial charge is 0.0948 e. The van der Waals surface area contributed by atoms with E-state index in [1.165, 1.54) is 0 Å². The summed E-state index contributed by atoms with van der Waals surface area (Å²) in [5, 5.41) is 9.87. The molecule has 2 nitrogen and oxygen atoms in total. The Morgan fingerprint density at radius 1 is 1.33 bits per heavy atom. The predicted molar refractivity (Wildman–Crippen MR) is 51.1 cm³/mol. The third-order valence-electron chi connectivity index (χ3n) is 1.62. The van der Waals surface area contributed by atoms with Gasteiger partial charge in [0.15, 0.2) is 0 Å². The van der Waals surface area contributed by atoms with Crippen LogP contribution in [0.5, 0.6) is 0 Å². The Hall–Kier alpha value is -0.600. The standard InChI is InChI=1S/C10H18O2/c1-4-7-10(11,8-5-2)9-12-6-3/h4-5,11H,1-2,6-9H2,3H3. The minimum absolute atomic E-state index is 0.349. The minimum atomic E-state index is -0.806. The van der Waals surface area contributed by atoms with Gasteiger partial charge in [0.25, 0.3) is 0 Å². The Morgan fingerprint density at radius 3 is 2.17 bits per heavy atom. The highest BCUT2D eigenvalue weighted by molar-refractivity contribution is 4.91. The van der Waals surface area contributed by atoms with Gasteiger partial charge in [0.1, 0.15) is 0 Å². The van der Waals surface area contributed by atoms with Crippen molar-refractivity contribution >= 4 is 0 Å². The highest BCUT2D eigenvalue weighted by atomic mass is 16.5. The highest BCUT2D eigenvalue weighted by Gasteiger charge is 2.23. The number of ether oxygens (including phenoxy) is 1. The van der Waals surface area contributed by atoms with E-state index in [1.807, 2.05) is 6.92 Å². The molecule has 70 valence electrons. The largest absolute Gasteiger partial charge is 0.387 e. The van der Waals surface area contributed by atoms with E-state index in [4.69, 9.17) is 4.74 Å². The molecule has 0 atom stereocenters. The van der Waals surface area contributed by atoms with Gasteiger partial charge in [0.05, 0.1) is 12.2 Å². The van der Waals surface area contributed by atoms with E-state index in [-0.39, 0.29) is 0 Å². The van der Waals surface area contributed by atoms with Crippen LogP contribution in [0.15, 0.2) is 25.3 Å². The third kappa shape index (κ3) is 4.31. The van der Waals surface area contributed by atoms with E-state index in [0.717, 1.165) is 0 Å². The first-order valence-corrected chi connectivity index (χ1v) is 4.20. The molecule has 2 heteroatoms. The van der Waals surface area contributed by atoms with Crippen molar-refractivity contribution in [3.63, 3.8) is 0 Å². The Kier molecular flexibility index (Phi) is 5.68. The van der Waals surface area contributed by atoms with Crippen LogP contribution >= 0.6 is 0 Å².